The van der Waals surface area contributed by atoms with E-state index in [9.17, 15) is 9.59 Å². The quantitative estimate of drug-likeness (QED) is 0.508. The zero-order chi connectivity index (χ0) is 25.4. The average molecular weight is 518 g/mol. The first-order chi connectivity index (χ1) is 18.1. The van der Waals surface area contributed by atoms with Crippen LogP contribution >= 0.6 is 11.3 Å². The van der Waals surface area contributed by atoms with Crippen LogP contribution in [0.2, 0.25) is 0 Å². The van der Waals surface area contributed by atoms with Crippen LogP contribution in [0, 0.1) is 0 Å². The molecule has 1 saturated heterocycles. The number of thiophene rings is 1. The lowest BCUT2D eigenvalue weighted by molar-refractivity contribution is -0.134. The third kappa shape index (κ3) is 4.71. The third-order valence-corrected chi connectivity index (χ3v) is 8.65. The molecule has 37 heavy (non-hydrogen) atoms. The van der Waals surface area contributed by atoms with Crippen LogP contribution in [0.3, 0.4) is 0 Å². The Balaban J connectivity index is 1.08. The second-order valence-electron chi connectivity index (χ2n) is 9.90. The fourth-order valence-corrected chi connectivity index (χ4v) is 6.62. The summed E-state index contributed by atoms with van der Waals surface area (Å²) in [5.74, 6) is 1.39. The second-order valence-corrected chi connectivity index (χ2v) is 10.9. The van der Waals surface area contributed by atoms with Gasteiger partial charge in [-0.05, 0) is 54.1 Å². The number of carbonyl (C=O) groups excluding carboxylic acids is 2. The van der Waals surface area contributed by atoms with Crippen LogP contribution < -0.4 is 9.47 Å². The van der Waals surface area contributed by atoms with E-state index in [0.29, 0.717) is 43.1 Å². The molecule has 0 spiro atoms. The van der Waals surface area contributed by atoms with E-state index in [1.54, 1.807) is 18.2 Å². The van der Waals surface area contributed by atoms with Gasteiger partial charge in [-0.2, -0.15) is 0 Å². The lowest BCUT2D eigenvalue weighted by atomic mass is 9.93. The van der Waals surface area contributed by atoms with Crippen molar-refractivity contribution in [1.29, 1.82) is 0 Å². The predicted octanol–water partition coefficient (Wildman–Crippen LogP) is 4.19. The van der Waals surface area contributed by atoms with Gasteiger partial charge in [-0.15, -0.1) is 11.3 Å². The topological polar surface area (TPSA) is 62.3 Å². The Morgan fingerprint density at radius 3 is 2.68 bits per heavy atom. The number of hydrogen-bond acceptors (Lipinski definition) is 6. The minimum atomic E-state index is -0.0592. The highest BCUT2D eigenvalue weighted by atomic mass is 32.1. The summed E-state index contributed by atoms with van der Waals surface area (Å²) in [6.07, 6.45) is 1.51. The van der Waals surface area contributed by atoms with Crippen LogP contribution in [0.4, 0.5) is 0 Å². The maximum atomic E-state index is 13.3. The number of ether oxygens (including phenoxy) is 2. The highest BCUT2D eigenvalue weighted by Crippen LogP contribution is 2.38. The molecule has 0 radical (unpaired) electrons. The molecule has 0 bridgehead atoms. The molecular weight excluding hydrogens is 486 g/mol. The van der Waals surface area contributed by atoms with E-state index >= 15 is 0 Å². The van der Waals surface area contributed by atoms with E-state index < -0.39 is 0 Å². The van der Waals surface area contributed by atoms with Gasteiger partial charge in [0.25, 0.3) is 5.91 Å². The van der Waals surface area contributed by atoms with E-state index in [2.05, 4.69) is 40.6 Å². The van der Waals surface area contributed by atoms with Crippen molar-refractivity contribution in [3.05, 3.63) is 81.5 Å². The summed E-state index contributed by atoms with van der Waals surface area (Å²) in [4.78, 5) is 34.1. The predicted molar refractivity (Wildman–Crippen MR) is 142 cm³/mol. The van der Waals surface area contributed by atoms with E-state index in [0.717, 1.165) is 19.5 Å². The first-order valence-electron chi connectivity index (χ1n) is 12.9. The number of fused-ring (bicyclic) bond motifs is 2. The molecule has 2 aromatic carbocycles. The molecule has 6 rings (SSSR count). The van der Waals surface area contributed by atoms with Gasteiger partial charge in [-0.3, -0.25) is 14.5 Å². The first kappa shape index (κ1) is 24.0. The highest BCUT2D eigenvalue weighted by Gasteiger charge is 2.33. The molecule has 0 unspecified atom stereocenters. The second kappa shape index (κ2) is 10.2. The number of rotatable bonds is 5. The summed E-state index contributed by atoms with van der Waals surface area (Å²) >= 11 is 1.83. The van der Waals surface area contributed by atoms with Gasteiger partial charge < -0.3 is 19.3 Å². The third-order valence-electron chi connectivity index (χ3n) is 7.65. The summed E-state index contributed by atoms with van der Waals surface area (Å²) in [6.45, 7) is 5.49. The summed E-state index contributed by atoms with van der Waals surface area (Å²) in [5, 5.41) is 2.18. The van der Waals surface area contributed by atoms with Crippen LogP contribution in [-0.2, 0) is 11.2 Å². The molecule has 1 fully saturated rings. The Morgan fingerprint density at radius 1 is 1.00 bits per heavy atom. The van der Waals surface area contributed by atoms with Crippen molar-refractivity contribution in [2.24, 2.45) is 0 Å². The van der Waals surface area contributed by atoms with Crippen LogP contribution in [0.5, 0.6) is 11.5 Å². The van der Waals surface area contributed by atoms with Crippen molar-refractivity contribution < 1.29 is 19.1 Å². The first-order valence-corrected chi connectivity index (χ1v) is 13.8. The molecule has 7 nitrogen and oxygen atoms in total. The van der Waals surface area contributed by atoms with Gasteiger partial charge in [0, 0.05) is 55.6 Å². The summed E-state index contributed by atoms with van der Waals surface area (Å²) < 4.78 is 10.8. The van der Waals surface area contributed by atoms with Gasteiger partial charge in [0.15, 0.2) is 11.5 Å². The Bertz CT molecular complexity index is 1290. The molecule has 0 saturated carbocycles. The fourth-order valence-electron chi connectivity index (χ4n) is 5.71. The molecule has 1 aromatic heterocycles. The minimum absolute atomic E-state index is 0.0384. The zero-order valence-electron chi connectivity index (χ0n) is 21.0. The van der Waals surface area contributed by atoms with Crippen LogP contribution in [0.15, 0.2) is 60.0 Å². The summed E-state index contributed by atoms with van der Waals surface area (Å²) in [6, 6.07) is 18.3. The monoisotopic (exact) mass is 517 g/mol. The Labute approximate surface area is 221 Å². The molecule has 0 aliphatic carbocycles. The van der Waals surface area contributed by atoms with Gasteiger partial charge in [0.1, 0.15) is 0 Å². The largest absolute Gasteiger partial charge is 0.454 e. The van der Waals surface area contributed by atoms with Crippen molar-refractivity contribution in [3.8, 4) is 11.5 Å². The molecule has 2 amide bonds. The molecule has 3 aliphatic heterocycles. The number of carbonyl (C=O) groups is 2. The van der Waals surface area contributed by atoms with Crippen molar-refractivity contribution in [3.63, 3.8) is 0 Å². The fraction of sp³-hybridized carbons (Fsp3) is 0.379. The Hall–Kier alpha value is -3.36. The number of amides is 2. The Morgan fingerprint density at radius 2 is 1.84 bits per heavy atom. The van der Waals surface area contributed by atoms with Gasteiger partial charge >= 0.3 is 0 Å². The lowest BCUT2D eigenvalue weighted by Gasteiger charge is -2.41. The van der Waals surface area contributed by atoms with Crippen molar-refractivity contribution in [2.75, 3.05) is 39.5 Å². The normalized spacial score (nSPS) is 21.1. The molecule has 3 aromatic rings. The molecule has 8 heteroatoms. The standard InChI is InChI=1S/C29H31N3O4S/c1-20-18-31(14-15-32(20)29(34)22-7-8-24-25(17-22)36-19-35-24)27(33)10-13-30-12-9-26-23(11-16-37-26)28(30)21-5-3-2-4-6-21/h2-8,11,16-17,20,28H,9-10,12-15,18-19H2,1H3/t20-,28+/m1/s1. The Kier molecular flexibility index (Phi) is 6.61. The molecule has 2 atom stereocenters. The molecular formula is C29H31N3O4S. The van der Waals surface area contributed by atoms with Crippen molar-refractivity contribution >= 4 is 23.2 Å². The zero-order valence-corrected chi connectivity index (χ0v) is 21.8. The number of piperazine rings is 1. The van der Waals surface area contributed by atoms with Gasteiger partial charge in [0.2, 0.25) is 12.7 Å². The summed E-state index contributed by atoms with van der Waals surface area (Å²) in [7, 11) is 0. The molecule has 192 valence electrons. The number of benzene rings is 2. The summed E-state index contributed by atoms with van der Waals surface area (Å²) in [5.41, 5.74) is 3.23. The molecule has 0 N–H and O–H groups in total. The van der Waals surface area contributed by atoms with E-state index in [4.69, 9.17) is 9.47 Å². The minimum Gasteiger partial charge on any atom is -0.454 e. The van der Waals surface area contributed by atoms with Crippen LogP contribution in [0.1, 0.15) is 45.7 Å². The smallest absolute Gasteiger partial charge is 0.254 e. The molecule has 3 aliphatic rings. The maximum Gasteiger partial charge on any atom is 0.254 e. The van der Waals surface area contributed by atoms with E-state index in [1.807, 2.05) is 34.1 Å². The van der Waals surface area contributed by atoms with Gasteiger partial charge in [-0.25, -0.2) is 0 Å². The van der Waals surface area contributed by atoms with E-state index in [1.165, 1.54) is 16.0 Å². The average Bonchev–Trinajstić information content (AvgIpc) is 3.60. The molecule has 4 heterocycles. The van der Waals surface area contributed by atoms with Crippen LogP contribution in [-0.4, -0.2) is 72.1 Å². The van der Waals surface area contributed by atoms with Gasteiger partial charge in [-0.1, -0.05) is 30.3 Å². The van der Waals surface area contributed by atoms with Crippen LogP contribution in [0.25, 0.3) is 0 Å². The van der Waals surface area contributed by atoms with Gasteiger partial charge in [0.05, 0.1) is 6.04 Å². The number of hydrogen-bond donors (Lipinski definition) is 0. The van der Waals surface area contributed by atoms with Crippen molar-refractivity contribution in [2.45, 2.75) is 31.8 Å². The maximum absolute atomic E-state index is 13.3. The van der Waals surface area contributed by atoms with Crippen molar-refractivity contribution in [1.82, 2.24) is 14.7 Å². The highest BCUT2D eigenvalue weighted by molar-refractivity contribution is 7.10. The SMILES string of the molecule is C[C@@H]1CN(C(=O)CCN2CCc3sccc3[C@@H]2c2ccccc2)CCN1C(=O)c1ccc2c(c1)OCO2. The van der Waals surface area contributed by atoms with E-state index in [-0.39, 0.29) is 30.7 Å². The number of nitrogens with zero attached hydrogens (tertiary/aromatic N) is 3. The lowest BCUT2D eigenvalue weighted by Crippen LogP contribution is -2.55.